The number of aromatic amines is 1. The van der Waals surface area contributed by atoms with Gasteiger partial charge in [0.15, 0.2) is 5.75 Å². The van der Waals surface area contributed by atoms with E-state index in [0.717, 1.165) is 0 Å². The molecule has 17 heavy (non-hydrogen) atoms. The fourth-order valence-electron chi connectivity index (χ4n) is 1.68. The van der Waals surface area contributed by atoms with Gasteiger partial charge in [-0.05, 0) is 18.2 Å². The molecule has 84 valence electrons. The number of halogens is 1. The fourth-order valence-corrected chi connectivity index (χ4v) is 1.68. The molecule has 0 aliphatic carbocycles. The Bertz CT molecular complexity index is 649. The third-order valence-electron chi connectivity index (χ3n) is 2.42. The van der Waals surface area contributed by atoms with E-state index in [4.69, 9.17) is 4.74 Å². The molecule has 1 heterocycles. The van der Waals surface area contributed by atoms with E-state index < -0.39 is 0 Å². The highest BCUT2D eigenvalue weighted by Gasteiger charge is 2.08. The van der Waals surface area contributed by atoms with E-state index in [0.29, 0.717) is 22.5 Å². The molecule has 3 rings (SSSR count). The van der Waals surface area contributed by atoms with Gasteiger partial charge < -0.3 is 9.72 Å². The molecule has 0 aliphatic heterocycles. The van der Waals surface area contributed by atoms with Gasteiger partial charge in [0, 0.05) is 6.07 Å². The fraction of sp³-hybridized carbons (Fsp3) is 0. The molecule has 0 spiro atoms. The molecule has 0 saturated carbocycles. The van der Waals surface area contributed by atoms with Crippen molar-refractivity contribution in [2.75, 3.05) is 0 Å². The van der Waals surface area contributed by atoms with Crippen LogP contribution in [0.4, 0.5) is 4.39 Å². The number of fused-ring (bicyclic) bond motifs is 1. The lowest BCUT2D eigenvalue weighted by Crippen LogP contribution is -1.87. The van der Waals surface area contributed by atoms with E-state index in [1.807, 2.05) is 30.3 Å². The molecular weight excluding hydrogens is 219 g/mol. The summed E-state index contributed by atoms with van der Waals surface area (Å²) in [5, 5.41) is 0. The second-order valence-corrected chi connectivity index (χ2v) is 3.62. The highest BCUT2D eigenvalue weighted by atomic mass is 19.1. The monoisotopic (exact) mass is 228 g/mol. The van der Waals surface area contributed by atoms with Crippen LogP contribution in [0, 0.1) is 5.82 Å². The Hall–Kier alpha value is -2.36. The van der Waals surface area contributed by atoms with Crippen molar-refractivity contribution in [3.8, 4) is 11.5 Å². The number of hydrogen-bond donors (Lipinski definition) is 1. The van der Waals surface area contributed by atoms with E-state index in [1.165, 1.54) is 18.5 Å². The zero-order valence-corrected chi connectivity index (χ0v) is 8.85. The van der Waals surface area contributed by atoms with Crippen molar-refractivity contribution in [1.82, 2.24) is 9.97 Å². The number of para-hydroxylation sites is 1. The second kappa shape index (κ2) is 3.90. The van der Waals surface area contributed by atoms with Crippen molar-refractivity contribution in [2.45, 2.75) is 0 Å². The Kier molecular flexibility index (Phi) is 2.26. The van der Waals surface area contributed by atoms with Crippen LogP contribution in [0.3, 0.4) is 0 Å². The number of hydrogen-bond acceptors (Lipinski definition) is 2. The van der Waals surface area contributed by atoms with Gasteiger partial charge in [-0.3, -0.25) is 0 Å². The van der Waals surface area contributed by atoms with Crippen LogP contribution in [-0.4, -0.2) is 9.97 Å². The molecule has 0 bridgehead atoms. The summed E-state index contributed by atoms with van der Waals surface area (Å²) in [5.74, 6) is 0.711. The number of nitrogens with one attached hydrogen (secondary N) is 1. The Morgan fingerprint density at radius 3 is 2.76 bits per heavy atom. The maximum atomic E-state index is 13.3. The number of ether oxygens (including phenoxy) is 1. The molecule has 3 nitrogen and oxygen atoms in total. The Morgan fingerprint density at radius 2 is 1.94 bits per heavy atom. The van der Waals surface area contributed by atoms with Gasteiger partial charge in [0.2, 0.25) is 0 Å². The summed E-state index contributed by atoms with van der Waals surface area (Å²) >= 11 is 0. The van der Waals surface area contributed by atoms with Crippen molar-refractivity contribution in [1.29, 1.82) is 0 Å². The molecule has 0 amide bonds. The molecule has 3 aromatic rings. The number of rotatable bonds is 2. The van der Waals surface area contributed by atoms with Gasteiger partial charge >= 0.3 is 0 Å². The molecular formula is C13H9FN2O. The standard InChI is InChI=1S/C13H9FN2O/c14-9-6-11-13(16-8-15-11)12(7-9)17-10-4-2-1-3-5-10/h1-8H,(H,15,16). The smallest absolute Gasteiger partial charge is 0.158 e. The lowest BCUT2D eigenvalue weighted by atomic mass is 10.3. The lowest BCUT2D eigenvalue weighted by Gasteiger charge is -2.06. The first-order chi connectivity index (χ1) is 8.33. The number of benzene rings is 2. The zero-order valence-electron chi connectivity index (χ0n) is 8.85. The molecule has 0 fully saturated rings. The van der Waals surface area contributed by atoms with E-state index in [-0.39, 0.29) is 5.82 Å². The Morgan fingerprint density at radius 1 is 1.12 bits per heavy atom. The van der Waals surface area contributed by atoms with E-state index in [1.54, 1.807) is 0 Å². The van der Waals surface area contributed by atoms with Crippen LogP contribution >= 0.6 is 0 Å². The zero-order chi connectivity index (χ0) is 11.7. The maximum Gasteiger partial charge on any atom is 0.158 e. The van der Waals surface area contributed by atoms with E-state index in [9.17, 15) is 4.39 Å². The third-order valence-corrected chi connectivity index (χ3v) is 2.42. The first-order valence-electron chi connectivity index (χ1n) is 5.18. The summed E-state index contributed by atoms with van der Waals surface area (Å²) in [6, 6.07) is 11.9. The largest absolute Gasteiger partial charge is 0.455 e. The topological polar surface area (TPSA) is 37.9 Å². The Labute approximate surface area is 96.9 Å². The minimum atomic E-state index is -0.354. The SMILES string of the molecule is Fc1cc(Oc2ccccc2)c2nc[nH]c2c1. The van der Waals surface area contributed by atoms with Crippen LogP contribution in [0.2, 0.25) is 0 Å². The molecule has 0 radical (unpaired) electrons. The number of aromatic nitrogens is 2. The number of H-pyrrole nitrogens is 1. The molecule has 0 unspecified atom stereocenters. The highest BCUT2D eigenvalue weighted by molar-refractivity contribution is 5.81. The molecule has 0 saturated heterocycles. The number of nitrogens with zero attached hydrogens (tertiary/aromatic N) is 1. The summed E-state index contributed by atoms with van der Waals surface area (Å²) in [7, 11) is 0. The molecule has 4 heteroatoms. The maximum absolute atomic E-state index is 13.3. The van der Waals surface area contributed by atoms with Crippen LogP contribution in [-0.2, 0) is 0 Å². The summed E-state index contributed by atoms with van der Waals surface area (Å²) < 4.78 is 19.0. The van der Waals surface area contributed by atoms with Gasteiger partial charge in [-0.1, -0.05) is 18.2 Å². The van der Waals surface area contributed by atoms with Gasteiger partial charge in [-0.15, -0.1) is 0 Å². The summed E-state index contributed by atoms with van der Waals surface area (Å²) in [6.07, 6.45) is 1.52. The number of imidazole rings is 1. The van der Waals surface area contributed by atoms with Crippen LogP contribution in [0.1, 0.15) is 0 Å². The van der Waals surface area contributed by atoms with Gasteiger partial charge in [0.1, 0.15) is 17.1 Å². The predicted octanol–water partition coefficient (Wildman–Crippen LogP) is 3.49. The van der Waals surface area contributed by atoms with Crippen LogP contribution in [0.15, 0.2) is 48.8 Å². The van der Waals surface area contributed by atoms with Crippen molar-refractivity contribution in [2.24, 2.45) is 0 Å². The normalized spacial score (nSPS) is 10.6. The van der Waals surface area contributed by atoms with Crippen molar-refractivity contribution < 1.29 is 9.13 Å². The third kappa shape index (κ3) is 1.85. The summed E-state index contributed by atoms with van der Waals surface area (Å²) in [5.41, 5.74) is 1.24. The van der Waals surface area contributed by atoms with Gasteiger partial charge in [0.05, 0.1) is 11.8 Å². The predicted molar refractivity (Wildman–Crippen MR) is 62.6 cm³/mol. The average molecular weight is 228 g/mol. The lowest BCUT2D eigenvalue weighted by molar-refractivity contribution is 0.482. The van der Waals surface area contributed by atoms with Gasteiger partial charge in [0.25, 0.3) is 0 Å². The molecule has 0 atom stereocenters. The molecule has 0 aliphatic rings. The molecule has 1 N–H and O–H groups in total. The molecule has 2 aromatic carbocycles. The highest BCUT2D eigenvalue weighted by Crippen LogP contribution is 2.28. The van der Waals surface area contributed by atoms with E-state index >= 15 is 0 Å². The Balaban J connectivity index is 2.08. The van der Waals surface area contributed by atoms with Crippen LogP contribution in [0.5, 0.6) is 11.5 Å². The molecule has 1 aromatic heterocycles. The quantitative estimate of drug-likeness (QED) is 0.729. The van der Waals surface area contributed by atoms with Crippen molar-refractivity contribution in [3.63, 3.8) is 0 Å². The van der Waals surface area contributed by atoms with Crippen molar-refractivity contribution in [3.05, 3.63) is 54.6 Å². The van der Waals surface area contributed by atoms with Crippen LogP contribution in [0.25, 0.3) is 11.0 Å². The minimum Gasteiger partial charge on any atom is -0.455 e. The first kappa shape index (κ1) is 9.84. The van der Waals surface area contributed by atoms with E-state index in [2.05, 4.69) is 9.97 Å². The van der Waals surface area contributed by atoms with Gasteiger partial charge in [-0.2, -0.15) is 0 Å². The van der Waals surface area contributed by atoms with Gasteiger partial charge in [-0.25, -0.2) is 9.37 Å². The average Bonchev–Trinajstić information content (AvgIpc) is 2.78. The second-order valence-electron chi connectivity index (χ2n) is 3.62. The summed E-state index contributed by atoms with van der Waals surface area (Å²) in [4.78, 5) is 6.96. The van der Waals surface area contributed by atoms with Crippen molar-refractivity contribution >= 4 is 11.0 Å². The minimum absolute atomic E-state index is 0.354. The summed E-state index contributed by atoms with van der Waals surface area (Å²) in [6.45, 7) is 0. The van der Waals surface area contributed by atoms with Crippen LogP contribution < -0.4 is 4.74 Å². The first-order valence-corrected chi connectivity index (χ1v) is 5.18.